The lowest BCUT2D eigenvalue weighted by Crippen LogP contribution is -2.42. The van der Waals surface area contributed by atoms with Crippen molar-refractivity contribution < 1.29 is 5.11 Å². The van der Waals surface area contributed by atoms with Gasteiger partial charge in [-0.05, 0) is 45.6 Å². The van der Waals surface area contributed by atoms with Gasteiger partial charge in [0.15, 0.2) is 0 Å². The summed E-state index contributed by atoms with van der Waals surface area (Å²) in [6, 6.07) is 0.546. The van der Waals surface area contributed by atoms with Crippen LogP contribution < -0.4 is 0 Å². The van der Waals surface area contributed by atoms with Crippen molar-refractivity contribution in [1.29, 1.82) is 0 Å². The van der Waals surface area contributed by atoms with Crippen LogP contribution >= 0.6 is 0 Å². The molecule has 2 heteroatoms. The summed E-state index contributed by atoms with van der Waals surface area (Å²) in [7, 11) is 0. The molecule has 0 bridgehead atoms. The molecule has 0 saturated carbocycles. The maximum atomic E-state index is 9.35. The van der Waals surface area contributed by atoms with E-state index in [9.17, 15) is 5.11 Å². The van der Waals surface area contributed by atoms with E-state index in [1.165, 1.54) is 32.4 Å². The highest BCUT2D eigenvalue weighted by atomic mass is 16.3. The zero-order chi connectivity index (χ0) is 10.6. The van der Waals surface area contributed by atoms with Crippen LogP contribution in [0.5, 0.6) is 0 Å². The highest BCUT2D eigenvalue weighted by Crippen LogP contribution is 2.22. The highest BCUT2D eigenvalue weighted by molar-refractivity contribution is 4.77. The van der Waals surface area contributed by atoms with E-state index in [0.29, 0.717) is 6.04 Å². The van der Waals surface area contributed by atoms with E-state index >= 15 is 0 Å². The fraction of sp³-hybridized carbons (Fsp3) is 1.00. The molecule has 0 aromatic rings. The second-order valence-electron chi connectivity index (χ2n) is 4.85. The van der Waals surface area contributed by atoms with Crippen molar-refractivity contribution in [3.05, 3.63) is 0 Å². The molecule has 0 amide bonds. The summed E-state index contributed by atoms with van der Waals surface area (Å²) in [5, 5.41) is 9.35. The van der Waals surface area contributed by atoms with Crippen molar-refractivity contribution in [3.8, 4) is 0 Å². The summed E-state index contributed by atoms with van der Waals surface area (Å²) in [5.74, 6) is 0.889. The maximum absolute atomic E-state index is 9.35. The van der Waals surface area contributed by atoms with E-state index in [2.05, 4.69) is 18.7 Å². The molecule has 3 unspecified atom stereocenters. The van der Waals surface area contributed by atoms with Gasteiger partial charge in [0.1, 0.15) is 0 Å². The standard InChI is InChI=1S/C12H25NO/c1-4-12-6-5-7-13(9-12)10(2)8-11(3)14/h10-12,14H,4-9H2,1-3H3. The number of nitrogens with zero attached hydrogens (tertiary/aromatic N) is 1. The first-order valence-electron chi connectivity index (χ1n) is 6.05. The summed E-state index contributed by atoms with van der Waals surface area (Å²) in [6.07, 6.45) is 4.79. The number of rotatable bonds is 4. The molecule has 1 fully saturated rings. The van der Waals surface area contributed by atoms with Gasteiger partial charge in [-0.1, -0.05) is 13.3 Å². The third-order valence-corrected chi connectivity index (χ3v) is 3.43. The van der Waals surface area contributed by atoms with Crippen molar-refractivity contribution in [2.45, 2.75) is 58.6 Å². The van der Waals surface area contributed by atoms with Gasteiger partial charge < -0.3 is 10.0 Å². The van der Waals surface area contributed by atoms with Gasteiger partial charge in [0, 0.05) is 12.6 Å². The SMILES string of the molecule is CCC1CCCN(C(C)CC(C)O)C1. The van der Waals surface area contributed by atoms with Gasteiger partial charge in [-0.25, -0.2) is 0 Å². The molecule has 14 heavy (non-hydrogen) atoms. The minimum absolute atomic E-state index is 0.160. The van der Waals surface area contributed by atoms with E-state index in [-0.39, 0.29) is 6.10 Å². The third kappa shape index (κ3) is 3.58. The van der Waals surface area contributed by atoms with Crippen LogP contribution in [0.4, 0.5) is 0 Å². The molecule has 1 rings (SSSR count). The minimum Gasteiger partial charge on any atom is -0.393 e. The Bertz CT molecular complexity index is 158. The Kier molecular flexibility index (Phi) is 4.90. The first kappa shape index (κ1) is 12.0. The van der Waals surface area contributed by atoms with Gasteiger partial charge in [0.05, 0.1) is 6.10 Å². The van der Waals surface area contributed by atoms with Crippen molar-refractivity contribution >= 4 is 0 Å². The van der Waals surface area contributed by atoms with Crippen molar-refractivity contribution in [2.75, 3.05) is 13.1 Å². The summed E-state index contributed by atoms with van der Waals surface area (Å²) in [5.41, 5.74) is 0. The van der Waals surface area contributed by atoms with E-state index in [0.717, 1.165) is 12.3 Å². The van der Waals surface area contributed by atoms with Crippen LogP contribution in [0.25, 0.3) is 0 Å². The second kappa shape index (κ2) is 5.72. The molecule has 1 aliphatic heterocycles. The van der Waals surface area contributed by atoms with Gasteiger partial charge in [-0.3, -0.25) is 0 Å². The predicted octanol–water partition coefficient (Wildman–Crippen LogP) is 2.27. The largest absolute Gasteiger partial charge is 0.393 e. The number of piperidine rings is 1. The smallest absolute Gasteiger partial charge is 0.0526 e. The first-order valence-corrected chi connectivity index (χ1v) is 6.05. The number of hydrogen-bond donors (Lipinski definition) is 1. The van der Waals surface area contributed by atoms with Crippen LogP contribution in [0.15, 0.2) is 0 Å². The Balaban J connectivity index is 2.35. The Labute approximate surface area is 88.3 Å². The van der Waals surface area contributed by atoms with E-state index in [4.69, 9.17) is 0 Å². The van der Waals surface area contributed by atoms with Gasteiger partial charge >= 0.3 is 0 Å². The molecular weight excluding hydrogens is 174 g/mol. The number of aliphatic hydroxyl groups is 1. The average molecular weight is 199 g/mol. The Hall–Kier alpha value is -0.0800. The Morgan fingerprint density at radius 2 is 2.14 bits per heavy atom. The fourth-order valence-electron chi connectivity index (χ4n) is 2.47. The first-order chi connectivity index (χ1) is 6.63. The molecule has 2 nitrogen and oxygen atoms in total. The number of hydrogen-bond acceptors (Lipinski definition) is 2. The van der Waals surface area contributed by atoms with Crippen molar-refractivity contribution in [1.82, 2.24) is 4.90 Å². The van der Waals surface area contributed by atoms with E-state index < -0.39 is 0 Å². The molecule has 0 radical (unpaired) electrons. The third-order valence-electron chi connectivity index (χ3n) is 3.43. The van der Waals surface area contributed by atoms with Crippen LogP contribution in [0.3, 0.4) is 0 Å². The number of aliphatic hydroxyl groups excluding tert-OH is 1. The summed E-state index contributed by atoms with van der Waals surface area (Å²) < 4.78 is 0. The maximum Gasteiger partial charge on any atom is 0.0526 e. The minimum atomic E-state index is -0.160. The Morgan fingerprint density at radius 3 is 2.71 bits per heavy atom. The van der Waals surface area contributed by atoms with Crippen molar-refractivity contribution in [2.24, 2.45) is 5.92 Å². The molecule has 0 aromatic carbocycles. The van der Waals surface area contributed by atoms with Crippen LogP contribution in [-0.4, -0.2) is 35.2 Å². The Morgan fingerprint density at radius 1 is 1.43 bits per heavy atom. The highest BCUT2D eigenvalue weighted by Gasteiger charge is 2.22. The molecule has 1 saturated heterocycles. The average Bonchev–Trinajstić information content (AvgIpc) is 2.17. The zero-order valence-corrected chi connectivity index (χ0v) is 9.87. The van der Waals surface area contributed by atoms with Gasteiger partial charge in [-0.2, -0.15) is 0 Å². The molecule has 1 aliphatic rings. The lowest BCUT2D eigenvalue weighted by molar-refractivity contribution is 0.0858. The van der Waals surface area contributed by atoms with Gasteiger partial charge in [-0.15, -0.1) is 0 Å². The van der Waals surface area contributed by atoms with Crippen molar-refractivity contribution in [3.63, 3.8) is 0 Å². The van der Waals surface area contributed by atoms with Crippen LogP contribution in [0, 0.1) is 5.92 Å². The lowest BCUT2D eigenvalue weighted by atomic mass is 9.94. The number of likely N-dealkylation sites (tertiary alicyclic amines) is 1. The quantitative estimate of drug-likeness (QED) is 0.751. The second-order valence-corrected chi connectivity index (χ2v) is 4.85. The zero-order valence-electron chi connectivity index (χ0n) is 9.87. The molecule has 84 valence electrons. The molecule has 3 atom stereocenters. The lowest BCUT2D eigenvalue weighted by Gasteiger charge is -2.37. The van der Waals surface area contributed by atoms with Crippen LogP contribution in [0.2, 0.25) is 0 Å². The van der Waals surface area contributed by atoms with Crippen LogP contribution in [-0.2, 0) is 0 Å². The fourth-order valence-corrected chi connectivity index (χ4v) is 2.47. The summed E-state index contributed by atoms with van der Waals surface area (Å²) in [6.45, 7) is 8.88. The van der Waals surface area contributed by atoms with Crippen LogP contribution in [0.1, 0.15) is 46.5 Å². The van der Waals surface area contributed by atoms with E-state index in [1.54, 1.807) is 0 Å². The normalized spacial score (nSPS) is 28.7. The molecule has 1 heterocycles. The summed E-state index contributed by atoms with van der Waals surface area (Å²) in [4.78, 5) is 2.55. The van der Waals surface area contributed by atoms with E-state index in [1.807, 2.05) is 6.92 Å². The molecular formula is C12H25NO. The monoisotopic (exact) mass is 199 g/mol. The molecule has 0 aliphatic carbocycles. The molecule has 0 aromatic heterocycles. The topological polar surface area (TPSA) is 23.5 Å². The van der Waals surface area contributed by atoms with Gasteiger partial charge in [0.2, 0.25) is 0 Å². The summed E-state index contributed by atoms with van der Waals surface area (Å²) >= 11 is 0. The van der Waals surface area contributed by atoms with Gasteiger partial charge in [0.25, 0.3) is 0 Å². The molecule has 1 N–H and O–H groups in total. The predicted molar refractivity (Wildman–Crippen MR) is 60.3 cm³/mol. The molecule has 0 spiro atoms.